The minimum Gasteiger partial charge on any atom is -0.468 e. The molecule has 0 saturated heterocycles. The van der Waals surface area contributed by atoms with Crippen LogP contribution in [0.4, 0.5) is 0 Å². The molecule has 0 aromatic heterocycles. The number of sulfone groups is 1. The zero-order valence-electron chi connectivity index (χ0n) is 22.6. The van der Waals surface area contributed by atoms with Crippen LogP contribution in [-0.4, -0.2) is 39.3 Å². The highest BCUT2D eigenvalue weighted by Gasteiger charge is 2.50. The van der Waals surface area contributed by atoms with Crippen LogP contribution in [0.1, 0.15) is 66.7 Å². The molecule has 1 rings (SSSR count). The number of carbonyl (C=O) groups excluding carboxylic acids is 2. The fourth-order valence-electron chi connectivity index (χ4n) is 3.93. The predicted octanol–water partition coefficient (Wildman–Crippen LogP) is 6.30. The van der Waals surface area contributed by atoms with Crippen molar-refractivity contribution in [2.45, 2.75) is 76.4 Å². The Morgan fingerprint density at radius 1 is 0.833 bits per heavy atom. The standard InChI is InChI=1S/C29H40O6S/c1-22(2)20-29(28(31)35-7,36(32,33)26-17-9-8-10-18-26)21-25(5)16-12-14-23(3)13-11-15-24(4)19-27(30)34-6/h8-10,13,16-20H,11-12,14-15,21H2,1-7H3/b23-13+,24-19+,25-16+. The monoisotopic (exact) mass is 516 g/mol. The summed E-state index contributed by atoms with van der Waals surface area (Å²) in [6.45, 7) is 9.33. The molecule has 0 amide bonds. The Balaban J connectivity index is 3.08. The number of hydrogen-bond donors (Lipinski definition) is 0. The molecular weight excluding hydrogens is 476 g/mol. The molecule has 1 aromatic rings. The van der Waals surface area contributed by atoms with Gasteiger partial charge in [0.1, 0.15) is 0 Å². The average molecular weight is 517 g/mol. The van der Waals surface area contributed by atoms with Crippen LogP contribution in [-0.2, 0) is 28.9 Å². The number of carbonyl (C=O) groups is 2. The smallest absolute Gasteiger partial charge is 0.331 e. The summed E-state index contributed by atoms with van der Waals surface area (Å²) in [5.41, 5.74) is 3.66. The molecular formula is C29H40O6S. The zero-order chi connectivity index (χ0) is 27.4. The normalized spacial score (nSPS) is 14.6. The van der Waals surface area contributed by atoms with Crippen molar-refractivity contribution in [3.8, 4) is 0 Å². The van der Waals surface area contributed by atoms with Gasteiger partial charge in [-0.1, -0.05) is 58.7 Å². The summed E-state index contributed by atoms with van der Waals surface area (Å²) in [5, 5.41) is 0. The quantitative estimate of drug-likeness (QED) is 0.174. The molecule has 0 aliphatic heterocycles. The molecule has 7 heteroatoms. The number of esters is 2. The molecule has 0 spiro atoms. The van der Waals surface area contributed by atoms with Gasteiger partial charge in [-0.3, -0.25) is 0 Å². The topological polar surface area (TPSA) is 86.7 Å². The van der Waals surface area contributed by atoms with Gasteiger partial charge in [-0.05, 0) is 72.4 Å². The van der Waals surface area contributed by atoms with E-state index in [2.05, 4.69) is 10.8 Å². The van der Waals surface area contributed by atoms with Gasteiger partial charge in [0.25, 0.3) is 0 Å². The van der Waals surface area contributed by atoms with Crippen molar-refractivity contribution < 1.29 is 27.5 Å². The number of methoxy groups -OCH3 is 2. The minimum atomic E-state index is -4.08. The van der Waals surface area contributed by atoms with Crippen molar-refractivity contribution in [3.63, 3.8) is 0 Å². The summed E-state index contributed by atoms with van der Waals surface area (Å²) in [7, 11) is -1.50. The van der Waals surface area contributed by atoms with E-state index in [1.807, 2.05) is 26.8 Å². The third kappa shape index (κ3) is 8.94. The van der Waals surface area contributed by atoms with Gasteiger partial charge in [0, 0.05) is 12.5 Å². The van der Waals surface area contributed by atoms with E-state index >= 15 is 0 Å². The lowest BCUT2D eigenvalue weighted by molar-refractivity contribution is -0.142. The van der Waals surface area contributed by atoms with Crippen molar-refractivity contribution in [1.82, 2.24) is 0 Å². The first-order chi connectivity index (χ1) is 16.9. The van der Waals surface area contributed by atoms with Gasteiger partial charge in [-0.2, -0.15) is 0 Å². The van der Waals surface area contributed by atoms with Gasteiger partial charge < -0.3 is 9.47 Å². The Morgan fingerprint density at radius 2 is 1.39 bits per heavy atom. The fourth-order valence-corrected chi connectivity index (χ4v) is 5.97. The molecule has 198 valence electrons. The van der Waals surface area contributed by atoms with E-state index < -0.39 is 20.6 Å². The highest BCUT2D eigenvalue weighted by Crippen LogP contribution is 2.36. The molecule has 0 aliphatic rings. The lowest BCUT2D eigenvalue weighted by atomic mass is 9.95. The Kier molecular flexibility index (Phi) is 12.6. The van der Waals surface area contributed by atoms with Gasteiger partial charge in [-0.25, -0.2) is 18.0 Å². The van der Waals surface area contributed by atoms with E-state index in [4.69, 9.17) is 4.74 Å². The highest BCUT2D eigenvalue weighted by atomic mass is 32.2. The summed E-state index contributed by atoms with van der Waals surface area (Å²) >= 11 is 0. The molecule has 1 unspecified atom stereocenters. The highest BCUT2D eigenvalue weighted by molar-refractivity contribution is 7.93. The van der Waals surface area contributed by atoms with Crippen LogP contribution >= 0.6 is 0 Å². The van der Waals surface area contributed by atoms with Gasteiger partial charge in [0.05, 0.1) is 19.1 Å². The summed E-state index contributed by atoms with van der Waals surface area (Å²) in [5.74, 6) is -1.15. The average Bonchev–Trinajstić information content (AvgIpc) is 2.82. The van der Waals surface area contributed by atoms with Crippen LogP contribution in [0.2, 0.25) is 0 Å². The Bertz CT molecular complexity index is 1120. The Hall–Kier alpha value is -2.93. The second-order valence-corrected chi connectivity index (χ2v) is 11.5. The van der Waals surface area contributed by atoms with Gasteiger partial charge in [0.2, 0.25) is 0 Å². The molecule has 0 aliphatic carbocycles. The molecule has 36 heavy (non-hydrogen) atoms. The van der Waals surface area contributed by atoms with Gasteiger partial charge in [-0.15, -0.1) is 0 Å². The number of allylic oxidation sites excluding steroid dienone is 6. The first-order valence-electron chi connectivity index (χ1n) is 12.0. The number of hydrogen-bond acceptors (Lipinski definition) is 6. The number of ether oxygens (including phenoxy) is 2. The molecule has 0 heterocycles. The maximum absolute atomic E-state index is 13.8. The molecule has 1 atom stereocenters. The zero-order valence-corrected chi connectivity index (χ0v) is 23.4. The van der Waals surface area contributed by atoms with Crippen LogP contribution in [0.5, 0.6) is 0 Å². The predicted molar refractivity (Wildman–Crippen MR) is 144 cm³/mol. The lowest BCUT2D eigenvalue weighted by Crippen LogP contribution is -2.46. The first-order valence-corrected chi connectivity index (χ1v) is 13.5. The summed E-state index contributed by atoms with van der Waals surface area (Å²) in [6, 6.07) is 8.02. The summed E-state index contributed by atoms with van der Waals surface area (Å²) in [6.07, 6.45) is 10.2. The SMILES string of the molecule is COC(=O)/C=C(\C)CC/C=C(\C)CC/C=C(\C)CC(C=C(C)C)(C(=O)OC)S(=O)(=O)c1ccccc1. The van der Waals surface area contributed by atoms with Crippen molar-refractivity contribution in [2.75, 3.05) is 14.2 Å². The second-order valence-electron chi connectivity index (χ2n) is 9.29. The van der Waals surface area contributed by atoms with E-state index in [9.17, 15) is 18.0 Å². The van der Waals surface area contributed by atoms with Crippen LogP contribution in [0.3, 0.4) is 0 Å². The largest absolute Gasteiger partial charge is 0.468 e. The number of benzene rings is 1. The fraction of sp³-hybridized carbons (Fsp3) is 0.448. The molecule has 0 radical (unpaired) electrons. The van der Waals surface area contributed by atoms with Crippen LogP contribution in [0.25, 0.3) is 0 Å². The molecule has 1 aromatic carbocycles. The number of rotatable bonds is 13. The van der Waals surface area contributed by atoms with Crippen molar-refractivity contribution >= 4 is 21.8 Å². The third-order valence-corrected chi connectivity index (χ3v) is 8.04. The van der Waals surface area contributed by atoms with Gasteiger partial charge >= 0.3 is 11.9 Å². The maximum atomic E-state index is 13.8. The van der Waals surface area contributed by atoms with Crippen molar-refractivity contribution in [3.05, 3.63) is 76.9 Å². The Morgan fingerprint density at radius 3 is 1.92 bits per heavy atom. The molecule has 0 N–H and O–H groups in total. The summed E-state index contributed by atoms with van der Waals surface area (Å²) < 4.78 is 35.3. The van der Waals surface area contributed by atoms with Crippen molar-refractivity contribution in [1.29, 1.82) is 0 Å². The maximum Gasteiger partial charge on any atom is 0.331 e. The Labute approximate surface area is 216 Å². The van der Waals surface area contributed by atoms with E-state index in [-0.39, 0.29) is 17.3 Å². The first kappa shape index (κ1) is 31.1. The van der Waals surface area contributed by atoms with E-state index in [1.165, 1.54) is 44.1 Å². The third-order valence-electron chi connectivity index (χ3n) is 5.76. The second kappa shape index (κ2) is 14.6. The van der Waals surface area contributed by atoms with Gasteiger partial charge in [0.15, 0.2) is 14.6 Å². The lowest BCUT2D eigenvalue weighted by Gasteiger charge is -2.29. The molecule has 6 nitrogen and oxygen atoms in total. The van der Waals surface area contributed by atoms with E-state index in [1.54, 1.807) is 32.0 Å². The minimum absolute atomic E-state index is 0.00234. The molecule has 0 saturated carbocycles. The van der Waals surface area contributed by atoms with E-state index in [0.717, 1.165) is 30.4 Å². The van der Waals surface area contributed by atoms with Crippen LogP contribution < -0.4 is 0 Å². The summed E-state index contributed by atoms with van der Waals surface area (Å²) in [4.78, 5) is 24.4. The van der Waals surface area contributed by atoms with E-state index in [0.29, 0.717) is 12.0 Å². The molecule has 0 fully saturated rings. The van der Waals surface area contributed by atoms with Crippen LogP contribution in [0, 0.1) is 0 Å². The van der Waals surface area contributed by atoms with Crippen molar-refractivity contribution in [2.24, 2.45) is 0 Å². The molecule has 0 bridgehead atoms. The van der Waals surface area contributed by atoms with Crippen LogP contribution in [0.15, 0.2) is 81.8 Å².